The fourth-order valence-corrected chi connectivity index (χ4v) is 4.80. The molecule has 0 fully saturated rings. The topological polar surface area (TPSA) is 72.2 Å². The third-order valence-electron chi connectivity index (χ3n) is 4.44. The monoisotopic (exact) mass is 334 g/mol. The maximum atomic E-state index is 12.6. The predicted molar refractivity (Wildman–Crippen MR) is 87.8 cm³/mol. The Morgan fingerprint density at radius 2 is 1.87 bits per heavy atom. The number of nitrogens with one attached hydrogen (secondary N) is 1. The van der Waals surface area contributed by atoms with E-state index >= 15 is 0 Å². The molecule has 2 aromatic rings. The number of rotatable bonds is 4. The predicted octanol–water partition coefficient (Wildman–Crippen LogP) is 3.21. The molecule has 0 spiro atoms. The number of fused-ring (bicyclic) bond motifs is 1. The Hall–Kier alpha value is -1.66. The number of sulfonamides is 1. The first-order valence-corrected chi connectivity index (χ1v) is 9.43. The lowest BCUT2D eigenvalue weighted by Gasteiger charge is -2.20. The molecule has 3 rings (SSSR count). The number of hydrogen-bond donors (Lipinski definition) is 1. The number of aryl methyl sites for hydroxylation is 4. The molecular weight excluding hydrogens is 312 g/mol. The van der Waals surface area contributed by atoms with Gasteiger partial charge in [-0.15, -0.1) is 0 Å². The molecule has 1 N–H and O–H groups in total. The Morgan fingerprint density at radius 1 is 1.17 bits per heavy atom. The van der Waals surface area contributed by atoms with Gasteiger partial charge in [-0.05, 0) is 63.1 Å². The minimum atomic E-state index is -3.65. The Labute approximate surface area is 137 Å². The van der Waals surface area contributed by atoms with Crippen molar-refractivity contribution in [1.82, 2.24) is 9.88 Å². The summed E-state index contributed by atoms with van der Waals surface area (Å²) >= 11 is 0. The second kappa shape index (κ2) is 6.09. The zero-order valence-electron chi connectivity index (χ0n) is 13.7. The van der Waals surface area contributed by atoms with Crippen molar-refractivity contribution >= 4 is 10.0 Å². The van der Waals surface area contributed by atoms with Gasteiger partial charge in [-0.3, -0.25) is 0 Å². The van der Waals surface area contributed by atoms with E-state index in [1.165, 1.54) is 24.0 Å². The van der Waals surface area contributed by atoms with Gasteiger partial charge in [0.1, 0.15) is 10.6 Å². The molecule has 1 aliphatic carbocycles. The van der Waals surface area contributed by atoms with Crippen LogP contribution in [0.25, 0.3) is 0 Å². The molecule has 1 aromatic carbocycles. The van der Waals surface area contributed by atoms with Crippen LogP contribution in [0.2, 0.25) is 0 Å². The molecule has 1 aliphatic rings. The minimum absolute atomic E-state index is 0.141. The van der Waals surface area contributed by atoms with Crippen LogP contribution in [0.5, 0.6) is 0 Å². The minimum Gasteiger partial charge on any atom is -0.360 e. The maximum Gasteiger partial charge on any atom is 0.246 e. The van der Waals surface area contributed by atoms with Crippen LogP contribution in [0.15, 0.2) is 27.6 Å². The van der Waals surface area contributed by atoms with Crippen molar-refractivity contribution in [2.24, 2.45) is 0 Å². The second-order valence-corrected chi connectivity index (χ2v) is 7.88. The van der Waals surface area contributed by atoms with Gasteiger partial charge in [-0.2, -0.15) is 0 Å². The van der Waals surface area contributed by atoms with Crippen molar-refractivity contribution in [3.63, 3.8) is 0 Å². The first-order chi connectivity index (χ1) is 10.9. The summed E-state index contributed by atoms with van der Waals surface area (Å²) in [7, 11) is -3.65. The number of benzene rings is 1. The van der Waals surface area contributed by atoms with Crippen LogP contribution in [-0.4, -0.2) is 13.6 Å². The molecule has 0 radical (unpaired) electrons. The van der Waals surface area contributed by atoms with Crippen molar-refractivity contribution in [2.75, 3.05) is 0 Å². The first-order valence-electron chi connectivity index (χ1n) is 7.95. The van der Waals surface area contributed by atoms with Crippen LogP contribution in [0.3, 0.4) is 0 Å². The summed E-state index contributed by atoms with van der Waals surface area (Å²) in [5.41, 5.74) is 4.10. The molecular formula is C17H22N2O3S. The van der Waals surface area contributed by atoms with E-state index in [0.29, 0.717) is 11.5 Å². The molecule has 0 bridgehead atoms. The lowest BCUT2D eigenvalue weighted by atomic mass is 9.89. The summed E-state index contributed by atoms with van der Waals surface area (Å²) in [6, 6.07) is 5.98. The van der Waals surface area contributed by atoms with E-state index in [9.17, 15) is 8.42 Å². The van der Waals surface area contributed by atoms with Crippen LogP contribution in [0, 0.1) is 13.8 Å². The van der Waals surface area contributed by atoms with Gasteiger partial charge in [0, 0.05) is 6.04 Å². The quantitative estimate of drug-likeness (QED) is 0.932. The third-order valence-corrected chi connectivity index (χ3v) is 6.23. The molecule has 1 heterocycles. The van der Waals surface area contributed by atoms with Gasteiger partial charge in [0.2, 0.25) is 10.0 Å². The van der Waals surface area contributed by atoms with E-state index in [0.717, 1.165) is 18.4 Å². The zero-order valence-corrected chi connectivity index (χ0v) is 14.5. The van der Waals surface area contributed by atoms with Gasteiger partial charge in [0.15, 0.2) is 5.76 Å². The van der Waals surface area contributed by atoms with Crippen LogP contribution < -0.4 is 4.72 Å². The van der Waals surface area contributed by atoms with E-state index in [-0.39, 0.29) is 10.9 Å². The van der Waals surface area contributed by atoms with E-state index < -0.39 is 10.0 Å². The summed E-state index contributed by atoms with van der Waals surface area (Å²) < 4.78 is 32.9. The highest BCUT2D eigenvalue weighted by Gasteiger charge is 2.26. The molecule has 0 aliphatic heterocycles. The second-order valence-electron chi connectivity index (χ2n) is 6.23. The molecule has 23 heavy (non-hydrogen) atoms. The fourth-order valence-electron chi connectivity index (χ4n) is 3.24. The van der Waals surface area contributed by atoms with Gasteiger partial charge in [0.05, 0.1) is 0 Å². The molecule has 0 saturated carbocycles. The largest absolute Gasteiger partial charge is 0.360 e. The lowest BCUT2D eigenvalue weighted by Crippen LogP contribution is -2.27. The van der Waals surface area contributed by atoms with E-state index in [2.05, 4.69) is 22.0 Å². The Bertz CT molecular complexity index is 805. The Balaban J connectivity index is 1.85. The first kappa shape index (κ1) is 16.2. The van der Waals surface area contributed by atoms with Crippen molar-refractivity contribution in [1.29, 1.82) is 0 Å². The molecule has 0 amide bonds. The average Bonchev–Trinajstić information content (AvgIpc) is 2.86. The van der Waals surface area contributed by atoms with E-state index in [4.69, 9.17) is 4.52 Å². The highest BCUT2D eigenvalue weighted by atomic mass is 32.2. The molecule has 1 unspecified atom stereocenters. The highest BCUT2D eigenvalue weighted by Crippen LogP contribution is 2.26. The Morgan fingerprint density at radius 3 is 2.52 bits per heavy atom. The fraction of sp³-hybridized carbons (Fsp3) is 0.471. The molecule has 1 atom stereocenters. The molecule has 5 nitrogen and oxygen atoms in total. The van der Waals surface area contributed by atoms with Crippen LogP contribution in [-0.2, 0) is 22.9 Å². The van der Waals surface area contributed by atoms with E-state index in [1.807, 2.05) is 13.0 Å². The Kier molecular flexibility index (Phi) is 4.29. The van der Waals surface area contributed by atoms with Gasteiger partial charge in [-0.25, -0.2) is 13.1 Å². The third kappa shape index (κ3) is 3.19. The summed E-state index contributed by atoms with van der Waals surface area (Å²) in [6.07, 6.45) is 4.64. The van der Waals surface area contributed by atoms with Crippen LogP contribution >= 0.6 is 0 Å². The van der Waals surface area contributed by atoms with Crippen molar-refractivity contribution in [2.45, 2.75) is 57.4 Å². The maximum absolute atomic E-state index is 12.6. The van der Waals surface area contributed by atoms with Crippen molar-refractivity contribution < 1.29 is 12.9 Å². The molecule has 0 saturated heterocycles. The highest BCUT2D eigenvalue weighted by molar-refractivity contribution is 7.89. The standard InChI is InChI=1S/C17H22N2O3S/c1-11(15-9-8-14-6-4-5-7-16(14)10-15)19-23(20,21)17-12(2)18-22-13(17)3/h8-11,19H,4-7H2,1-3H3. The lowest BCUT2D eigenvalue weighted by molar-refractivity contribution is 0.390. The normalized spacial score (nSPS) is 16.1. The molecule has 124 valence electrons. The number of aromatic nitrogens is 1. The van der Waals surface area contributed by atoms with Crippen molar-refractivity contribution in [3.05, 3.63) is 46.3 Å². The van der Waals surface area contributed by atoms with E-state index in [1.54, 1.807) is 13.8 Å². The summed E-state index contributed by atoms with van der Waals surface area (Å²) in [6.45, 7) is 5.10. The summed E-state index contributed by atoms with van der Waals surface area (Å²) in [5, 5.41) is 3.73. The molecule has 1 aromatic heterocycles. The zero-order chi connectivity index (χ0) is 16.6. The number of nitrogens with zero attached hydrogens (tertiary/aromatic N) is 1. The summed E-state index contributed by atoms with van der Waals surface area (Å²) in [5.74, 6) is 0.313. The average molecular weight is 334 g/mol. The summed E-state index contributed by atoms with van der Waals surface area (Å²) in [4.78, 5) is 0.141. The van der Waals surface area contributed by atoms with Gasteiger partial charge in [-0.1, -0.05) is 23.4 Å². The van der Waals surface area contributed by atoms with Crippen LogP contribution in [0.1, 0.15) is 54.0 Å². The van der Waals surface area contributed by atoms with Gasteiger partial charge >= 0.3 is 0 Å². The van der Waals surface area contributed by atoms with Crippen molar-refractivity contribution in [3.8, 4) is 0 Å². The van der Waals surface area contributed by atoms with Gasteiger partial charge in [0.25, 0.3) is 0 Å². The number of hydrogen-bond acceptors (Lipinski definition) is 4. The van der Waals surface area contributed by atoms with Crippen LogP contribution in [0.4, 0.5) is 0 Å². The SMILES string of the molecule is Cc1noc(C)c1S(=O)(=O)NC(C)c1ccc2c(c1)CCCC2. The van der Waals surface area contributed by atoms with Gasteiger partial charge < -0.3 is 4.52 Å². The smallest absolute Gasteiger partial charge is 0.246 e. The molecule has 6 heteroatoms.